The summed E-state index contributed by atoms with van der Waals surface area (Å²) in [7, 11) is 0. The molecule has 1 aromatic carbocycles. The predicted molar refractivity (Wildman–Crippen MR) is 81.1 cm³/mol. The zero-order valence-electron chi connectivity index (χ0n) is 11.2. The Kier molecular flexibility index (Phi) is 4.68. The third-order valence-corrected chi connectivity index (χ3v) is 3.78. The van der Waals surface area contributed by atoms with E-state index in [-0.39, 0.29) is 18.3 Å². The Morgan fingerprint density at radius 1 is 1.40 bits per heavy atom. The highest BCUT2D eigenvalue weighted by molar-refractivity contribution is 5.96. The third kappa shape index (κ3) is 2.81. The first-order chi connectivity index (χ1) is 9.28. The lowest BCUT2D eigenvalue weighted by molar-refractivity contribution is 0.0648. The largest absolute Gasteiger partial charge is 0.451 e. The van der Waals surface area contributed by atoms with E-state index in [2.05, 4.69) is 0 Å². The minimum Gasteiger partial charge on any atom is -0.451 e. The van der Waals surface area contributed by atoms with Crippen LogP contribution in [0, 0.1) is 5.92 Å². The molecule has 1 amide bonds. The number of fused-ring (bicyclic) bond motifs is 1. The molecular weight excluding hydrogens is 276 g/mol. The summed E-state index contributed by atoms with van der Waals surface area (Å²) in [5, 5.41) is 0.971. The Labute approximate surface area is 124 Å². The minimum absolute atomic E-state index is 0. The van der Waals surface area contributed by atoms with Gasteiger partial charge in [0.05, 0.1) is 0 Å². The molecule has 1 fully saturated rings. The summed E-state index contributed by atoms with van der Waals surface area (Å²) in [6.45, 7) is 2.18. The van der Waals surface area contributed by atoms with Crippen LogP contribution in [0.25, 0.3) is 11.0 Å². The van der Waals surface area contributed by atoms with Gasteiger partial charge in [-0.2, -0.15) is 0 Å². The molecule has 0 aliphatic carbocycles. The van der Waals surface area contributed by atoms with Crippen LogP contribution in [-0.2, 0) is 0 Å². The van der Waals surface area contributed by atoms with Crippen molar-refractivity contribution in [2.24, 2.45) is 11.7 Å². The molecule has 1 unspecified atom stereocenters. The number of amides is 1. The molecular formula is C15H19ClN2O2. The van der Waals surface area contributed by atoms with E-state index in [0.29, 0.717) is 18.2 Å². The number of piperidine rings is 1. The molecule has 20 heavy (non-hydrogen) atoms. The highest BCUT2D eigenvalue weighted by Crippen LogP contribution is 2.22. The van der Waals surface area contributed by atoms with Gasteiger partial charge < -0.3 is 15.1 Å². The van der Waals surface area contributed by atoms with Crippen LogP contribution < -0.4 is 5.73 Å². The first-order valence-corrected chi connectivity index (χ1v) is 6.76. The number of hydrogen-bond acceptors (Lipinski definition) is 3. The second kappa shape index (κ2) is 6.29. The zero-order valence-corrected chi connectivity index (χ0v) is 12.1. The number of halogens is 1. The predicted octanol–water partition coefficient (Wildman–Crippen LogP) is 2.67. The van der Waals surface area contributed by atoms with Crippen molar-refractivity contribution in [3.8, 4) is 0 Å². The Morgan fingerprint density at radius 3 is 2.95 bits per heavy atom. The molecule has 1 saturated heterocycles. The van der Waals surface area contributed by atoms with Gasteiger partial charge in [-0.1, -0.05) is 18.2 Å². The van der Waals surface area contributed by atoms with E-state index < -0.39 is 0 Å². The third-order valence-electron chi connectivity index (χ3n) is 3.78. The van der Waals surface area contributed by atoms with Crippen molar-refractivity contribution in [2.45, 2.75) is 12.8 Å². The molecule has 5 heteroatoms. The van der Waals surface area contributed by atoms with Crippen LogP contribution in [0.3, 0.4) is 0 Å². The fraction of sp³-hybridized carbons (Fsp3) is 0.400. The number of rotatable bonds is 2. The lowest BCUT2D eigenvalue weighted by atomic mass is 9.98. The van der Waals surface area contributed by atoms with Gasteiger partial charge in [0.15, 0.2) is 5.76 Å². The molecule has 0 saturated carbocycles. The fourth-order valence-electron chi connectivity index (χ4n) is 2.69. The van der Waals surface area contributed by atoms with Gasteiger partial charge in [0, 0.05) is 18.5 Å². The number of carbonyl (C=O) groups is 1. The van der Waals surface area contributed by atoms with E-state index in [1.165, 1.54) is 0 Å². The molecule has 2 aromatic rings. The molecule has 1 atom stereocenters. The number of nitrogens with zero attached hydrogens (tertiary/aromatic N) is 1. The van der Waals surface area contributed by atoms with Crippen LogP contribution >= 0.6 is 12.4 Å². The Balaban J connectivity index is 0.00000147. The molecule has 4 nitrogen and oxygen atoms in total. The van der Waals surface area contributed by atoms with Gasteiger partial charge in [0.2, 0.25) is 0 Å². The van der Waals surface area contributed by atoms with Crippen LogP contribution in [0.2, 0.25) is 0 Å². The van der Waals surface area contributed by atoms with Crippen LogP contribution in [0.1, 0.15) is 23.4 Å². The van der Waals surface area contributed by atoms with Crippen LogP contribution in [0.4, 0.5) is 0 Å². The minimum atomic E-state index is -0.0191. The van der Waals surface area contributed by atoms with Crippen molar-refractivity contribution < 1.29 is 9.21 Å². The number of carbonyl (C=O) groups excluding carboxylic acids is 1. The Hall–Kier alpha value is -1.52. The maximum absolute atomic E-state index is 12.4. The summed E-state index contributed by atoms with van der Waals surface area (Å²) in [5.41, 5.74) is 6.47. The summed E-state index contributed by atoms with van der Waals surface area (Å²) in [4.78, 5) is 14.3. The molecule has 3 rings (SSSR count). The second-order valence-electron chi connectivity index (χ2n) is 5.14. The number of benzene rings is 1. The molecule has 0 spiro atoms. The van der Waals surface area contributed by atoms with Gasteiger partial charge in [-0.15, -0.1) is 12.4 Å². The van der Waals surface area contributed by atoms with Crippen molar-refractivity contribution in [3.63, 3.8) is 0 Å². The molecule has 2 heterocycles. The fourth-order valence-corrected chi connectivity index (χ4v) is 2.69. The standard InChI is InChI=1S/C15H18N2O2.ClH/c16-9-11-4-3-7-17(10-11)15(18)14-8-12-5-1-2-6-13(12)19-14;/h1-2,5-6,8,11H,3-4,7,9-10,16H2;1H. The lowest BCUT2D eigenvalue weighted by Crippen LogP contribution is -2.41. The summed E-state index contributed by atoms with van der Waals surface area (Å²) >= 11 is 0. The second-order valence-corrected chi connectivity index (χ2v) is 5.14. The number of furan rings is 1. The topological polar surface area (TPSA) is 59.5 Å². The van der Waals surface area contributed by atoms with Gasteiger partial charge >= 0.3 is 0 Å². The van der Waals surface area contributed by atoms with Gasteiger partial charge in [0.1, 0.15) is 5.58 Å². The number of para-hydroxylation sites is 1. The highest BCUT2D eigenvalue weighted by Gasteiger charge is 2.25. The molecule has 108 valence electrons. The van der Waals surface area contributed by atoms with Gasteiger partial charge in [-0.3, -0.25) is 4.79 Å². The summed E-state index contributed by atoms with van der Waals surface area (Å²) in [5.74, 6) is 0.829. The summed E-state index contributed by atoms with van der Waals surface area (Å²) < 4.78 is 5.63. The van der Waals surface area contributed by atoms with E-state index in [0.717, 1.165) is 36.9 Å². The van der Waals surface area contributed by atoms with Gasteiger partial charge in [-0.25, -0.2) is 0 Å². The Bertz CT molecular complexity index is 563. The Morgan fingerprint density at radius 2 is 2.20 bits per heavy atom. The van der Waals surface area contributed by atoms with Gasteiger partial charge in [-0.05, 0) is 37.4 Å². The molecule has 1 aliphatic heterocycles. The lowest BCUT2D eigenvalue weighted by Gasteiger charge is -2.31. The highest BCUT2D eigenvalue weighted by atomic mass is 35.5. The first-order valence-electron chi connectivity index (χ1n) is 6.76. The molecule has 1 aliphatic rings. The number of likely N-dealkylation sites (tertiary alicyclic amines) is 1. The monoisotopic (exact) mass is 294 g/mol. The normalized spacial score (nSPS) is 18.9. The van der Waals surface area contributed by atoms with Crippen LogP contribution in [0.15, 0.2) is 34.7 Å². The van der Waals surface area contributed by atoms with E-state index in [9.17, 15) is 4.79 Å². The maximum Gasteiger partial charge on any atom is 0.289 e. The van der Waals surface area contributed by atoms with Crippen molar-refractivity contribution in [1.82, 2.24) is 4.90 Å². The van der Waals surface area contributed by atoms with Crippen molar-refractivity contribution >= 4 is 29.3 Å². The van der Waals surface area contributed by atoms with Gasteiger partial charge in [0.25, 0.3) is 5.91 Å². The van der Waals surface area contributed by atoms with Crippen molar-refractivity contribution in [3.05, 3.63) is 36.1 Å². The van der Waals surface area contributed by atoms with E-state index >= 15 is 0 Å². The summed E-state index contributed by atoms with van der Waals surface area (Å²) in [6, 6.07) is 9.51. The average Bonchev–Trinajstić information content (AvgIpc) is 2.90. The quantitative estimate of drug-likeness (QED) is 0.926. The molecule has 1 aromatic heterocycles. The van der Waals surface area contributed by atoms with Crippen LogP contribution in [-0.4, -0.2) is 30.4 Å². The molecule has 2 N–H and O–H groups in total. The smallest absolute Gasteiger partial charge is 0.289 e. The van der Waals surface area contributed by atoms with E-state index in [1.54, 1.807) is 0 Å². The van der Waals surface area contributed by atoms with Crippen LogP contribution in [0.5, 0.6) is 0 Å². The molecule has 0 radical (unpaired) electrons. The van der Waals surface area contributed by atoms with E-state index in [4.69, 9.17) is 10.2 Å². The van der Waals surface area contributed by atoms with Crippen molar-refractivity contribution in [1.29, 1.82) is 0 Å². The SMILES string of the molecule is Cl.NCC1CCCN(C(=O)c2cc3ccccc3o2)C1. The first kappa shape index (κ1) is 14.9. The molecule has 0 bridgehead atoms. The van der Waals surface area contributed by atoms with E-state index in [1.807, 2.05) is 35.2 Å². The summed E-state index contributed by atoms with van der Waals surface area (Å²) in [6.07, 6.45) is 2.13. The average molecular weight is 295 g/mol. The number of hydrogen-bond donors (Lipinski definition) is 1. The zero-order chi connectivity index (χ0) is 13.2. The van der Waals surface area contributed by atoms with Crippen molar-refractivity contribution in [2.75, 3.05) is 19.6 Å². The number of nitrogens with two attached hydrogens (primary N) is 1. The maximum atomic E-state index is 12.4.